The Bertz CT molecular complexity index is 896. The summed E-state index contributed by atoms with van der Waals surface area (Å²) in [7, 11) is -2.43. The Morgan fingerprint density at radius 1 is 0.710 bits per heavy atom. The third-order valence-corrected chi connectivity index (χ3v) is 11.4. The van der Waals surface area contributed by atoms with Crippen LogP contribution in [0.2, 0.25) is 5.04 Å². The van der Waals surface area contributed by atoms with Crippen molar-refractivity contribution in [1.82, 2.24) is 0 Å². The van der Waals surface area contributed by atoms with Crippen LogP contribution >= 0.6 is 0 Å². The highest BCUT2D eigenvalue weighted by atomic mass is 28.4. The molecule has 0 aromatic heterocycles. The third kappa shape index (κ3) is 5.00. The Balaban J connectivity index is 1.45. The maximum Gasteiger partial charge on any atom is 0.261 e. The van der Waals surface area contributed by atoms with Gasteiger partial charge in [-0.05, 0) is 39.2 Å². The topological polar surface area (TPSA) is 18.5 Å². The Labute approximate surface area is 188 Å². The zero-order valence-corrected chi connectivity index (χ0v) is 20.0. The largest absolute Gasteiger partial charge is 0.407 e. The summed E-state index contributed by atoms with van der Waals surface area (Å²) >= 11 is 0. The minimum atomic E-state index is -2.43. The van der Waals surface area contributed by atoms with Gasteiger partial charge in [-0.25, -0.2) is 0 Å². The first kappa shape index (κ1) is 22.0. The molecule has 1 saturated carbocycles. The lowest BCUT2D eigenvalue weighted by Crippen LogP contribution is -2.66. The monoisotopic (exact) mass is 430 g/mol. The van der Waals surface area contributed by atoms with Crippen molar-refractivity contribution in [3.8, 4) is 0 Å². The van der Waals surface area contributed by atoms with Gasteiger partial charge in [-0.2, -0.15) is 0 Å². The van der Waals surface area contributed by atoms with E-state index in [1.54, 1.807) is 0 Å². The van der Waals surface area contributed by atoms with E-state index in [9.17, 15) is 0 Å². The lowest BCUT2D eigenvalue weighted by Gasteiger charge is -2.43. The molecule has 0 N–H and O–H groups in total. The zero-order chi connectivity index (χ0) is 21.7. The van der Waals surface area contributed by atoms with Crippen molar-refractivity contribution in [2.45, 2.75) is 38.8 Å². The average Bonchev–Trinajstić information content (AvgIpc) is 3.54. The number of rotatable bonds is 9. The molecule has 2 atom stereocenters. The van der Waals surface area contributed by atoms with Crippen LogP contribution < -0.4 is 10.4 Å². The van der Waals surface area contributed by atoms with Crippen molar-refractivity contribution in [3.63, 3.8) is 0 Å². The Morgan fingerprint density at radius 2 is 1.19 bits per heavy atom. The summed E-state index contributed by atoms with van der Waals surface area (Å²) in [5.41, 5.74) is 1.24. The first-order chi connectivity index (χ1) is 15.0. The van der Waals surface area contributed by atoms with Gasteiger partial charge >= 0.3 is 0 Å². The summed E-state index contributed by atoms with van der Waals surface area (Å²) in [6, 6.07) is 32.2. The summed E-state index contributed by atoms with van der Waals surface area (Å²) in [6.07, 6.45) is 1.20. The predicted octanol–water partition coefficient (Wildman–Crippen LogP) is 5.42. The molecular weight excluding hydrogens is 396 g/mol. The molecule has 4 rings (SSSR count). The predicted molar refractivity (Wildman–Crippen MR) is 131 cm³/mol. The van der Waals surface area contributed by atoms with Crippen LogP contribution in [0.15, 0.2) is 91.0 Å². The van der Waals surface area contributed by atoms with E-state index in [0.717, 1.165) is 13.2 Å². The molecule has 0 heterocycles. The fraction of sp³-hybridized carbons (Fsp3) is 0.357. The van der Waals surface area contributed by atoms with Gasteiger partial charge in [0.2, 0.25) is 0 Å². The molecule has 1 aliphatic rings. The van der Waals surface area contributed by atoms with Crippen molar-refractivity contribution in [1.29, 1.82) is 0 Å². The summed E-state index contributed by atoms with van der Waals surface area (Å²) in [5.74, 6) is 1.21. The van der Waals surface area contributed by atoms with Crippen LogP contribution in [0, 0.1) is 11.8 Å². The summed E-state index contributed by atoms with van der Waals surface area (Å²) in [5, 5.41) is 2.74. The summed E-state index contributed by atoms with van der Waals surface area (Å²) in [4.78, 5) is 0. The smallest absolute Gasteiger partial charge is 0.261 e. The molecule has 0 amide bonds. The molecule has 0 unspecified atom stereocenters. The van der Waals surface area contributed by atoms with Crippen LogP contribution in [0.4, 0.5) is 0 Å². The van der Waals surface area contributed by atoms with Crippen molar-refractivity contribution >= 4 is 18.7 Å². The van der Waals surface area contributed by atoms with Gasteiger partial charge in [-0.3, -0.25) is 0 Å². The van der Waals surface area contributed by atoms with Crippen molar-refractivity contribution < 1.29 is 9.16 Å². The SMILES string of the molecule is CC(C)(C)[Si](OC[C@@H]1C[C@H]1COCc1ccccc1)(c1ccccc1)c1ccccc1. The van der Waals surface area contributed by atoms with Crippen molar-refractivity contribution in [2.24, 2.45) is 11.8 Å². The Kier molecular flexibility index (Phi) is 6.76. The number of hydrogen-bond donors (Lipinski definition) is 0. The molecule has 0 aliphatic heterocycles. The van der Waals surface area contributed by atoms with Crippen LogP contribution in [0.25, 0.3) is 0 Å². The van der Waals surface area contributed by atoms with Gasteiger partial charge in [-0.15, -0.1) is 0 Å². The first-order valence-electron chi connectivity index (χ1n) is 11.4. The second-order valence-corrected chi connectivity index (χ2v) is 14.0. The van der Waals surface area contributed by atoms with E-state index in [4.69, 9.17) is 9.16 Å². The number of hydrogen-bond acceptors (Lipinski definition) is 2. The highest BCUT2D eigenvalue weighted by Gasteiger charge is 2.51. The molecular formula is C28H34O2Si. The standard InChI is InChI=1S/C28H34O2Si/c1-28(2,3)31(26-15-9-5-10-16-26,27-17-11-6-12-18-27)30-22-25-19-24(25)21-29-20-23-13-7-4-8-14-23/h4-18,24-25H,19-22H2,1-3H3/t24-,25-/m0/s1. The number of benzene rings is 3. The van der Waals surface area contributed by atoms with Gasteiger partial charge in [0.1, 0.15) is 0 Å². The molecule has 1 fully saturated rings. The highest BCUT2D eigenvalue weighted by molar-refractivity contribution is 6.99. The molecule has 3 heteroatoms. The normalized spacial score (nSPS) is 18.7. The van der Waals surface area contributed by atoms with Crippen molar-refractivity contribution in [3.05, 3.63) is 96.6 Å². The van der Waals surface area contributed by atoms with E-state index in [1.807, 2.05) is 6.07 Å². The van der Waals surface area contributed by atoms with Crippen LogP contribution in [-0.2, 0) is 15.8 Å². The molecule has 162 valence electrons. The molecule has 3 aromatic rings. The quantitative estimate of drug-likeness (QED) is 0.422. The van der Waals surface area contributed by atoms with Crippen LogP contribution in [0.1, 0.15) is 32.8 Å². The fourth-order valence-corrected chi connectivity index (χ4v) is 9.23. The molecule has 3 aromatic carbocycles. The molecule has 0 spiro atoms. The van der Waals surface area contributed by atoms with Crippen molar-refractivity contribution in [2.75, 3.05) is 13.2 Å². The van der Waals surface area contributed by atoms with E-state index in [1.165, 1.54) is 22.4 Å². The van der Waals surface area contributed by atoms with Gasteiger partial charge in [0, 0.05) is 6.61 Å². The second kappa shape index (κ2) is 9.52. The fourth-order valence-electron chi connectivity index (χ4n) is 4.61. The molecule has 0 bridgehead atoms. The zero-order valence-electron chi connectivity index (χ0n) is 19.0. The Hall–Kier alpha value is -2.20. The summed E-state index contributed by atoms with van der Waals surface area (Å²) < 4.78 is 13.1. The van der Waals surface area contributed by atoms with Gasteiger partial charge in [0.25, 0.3) is 8.32 Å². The number of ether oxygens (including phenoxy) is 1. The van der Waals surface area contributed by atoms with E-state index in [0.29, 0.717) is 18.4 Å². The van der Waals surface area contributed by atoms with Gasteiger partial charge in [0.15, 0.2) is 0 Å². The molecule has 31 heavy (non-hydrogen) atoms. The Morgan fingerprint density at radius 3 is 1.71 bits per heavy atom. The van der Waals surface area contributed by atoms with E-state index >= 15 is 0 Å². The lowest BCUT2D eigenvalue weighted by atomic mass is 10.2. The maximum absolute atomic E-state index is 7.07. The van der Waals surface area contributed by atoms with Crippen LogP contribution in [0.5, 0.6) is 0 Å². The minimum absolute atomic E-state index is 0.0316. The molecule has 1 aliphatic carbocycles. The first-order valence-corrected chi connectivity index (χ1v) is 13.3. The summed E-state index contributed by atoms with van der Waals surface area (Å²) in [6.45, 7) is 9.35. The lowest BCUT2D eigenvalue weighted by molar-refractivity contribution is 0.105. The average molecular weight is 431 g/mol. The minimum Gasteiger partial charge on any atom is -0.407 e. The van der Waals surface area contributed by atoms with Crippen LogP contribution in [0.3, 0.4) is 0 Å². The molecule has 0 saturated heterocycles. The van der Waals surface area contributed by atoms with Gasteiger partial charge < -0.3 is 9.16 Å². The van der Waals surface area contributed by atoms with Crippen LogP contribution in [-0.4, -0.2) is 21.5 Å². The van der Waals surface area contributed by atoms with E-state index in [2.05, 4.69) is 106 Å². The molecule has 2 nitrogen and oxygen atoms in total. The second-order valence-electron chi connectivity index (χ2n) is 9.73. The maximum atomic E-state index is 7.07. The van der Waals surface area contributed by atoms with Gasteiger partial charge in [-0.1, -0.05) is 112 Å². The third-order valence-electron chi connectivity index (χ3n) is 6.44. The van der Waals surface area contributed by atoms with E-state index in [-0.39, 0.29) is 5.04 Å². The molecule has 0 radical (unpaired) electrons. The van der Waals surface area contributed by atoms with Gasteiger partial charge in [0.05, 0.1) is 13.2 Å². The highest BCUT2D eigenvalue weighted by Crippen LogP contribution is 2.42. The van der Waals surface area contributed by atoms with E-state index < -0.39 is 8.32 Å².